The van der Waals surface area contributed by atoms with Gasteiger partial charge in [0.2, 0.25) is 10.0 Å². The molecule has 26 heavy (non-hydrogen) atoms. The Morgan fingerprint density at radius 2 is 1.73 bits per heavy atom. The van der Waals surface area contributed by atoms with Gasteiger partial charge in [-0.15, -0.1) is 11.3 Å². The van der Waals surface area contributed by atoms with E-state index in [0.29, 0.717) is 0 Å². The van der Waals surface area contributed by atoms with E-state index >= 15 is 0 Å². The van der Waals surface area contributed by atoms with E-state index in [4.69, 9.17) is 0 Å². The molecular formula is C19H21N3O2S2. The van der Waals surface area contributed by atoms with Gasteiger partial charge in [-0.2, -0.15) is 0 Å². The number of aryl methyl sites for hydroxylation is 1. The van der Waals surface area contributed by atoms with Gasteiger partial charge in [0.25, 0.3) is 0 Å². The second-order valence-corrected chi connectivity index (χ2v) is 8.68. The van der Waals surface area contributed by atoms with Crippen molar-refractivity contribution in [2.45, 2.75) is 25.3 Å². The van der Waals surface area contributed by atoms with Crippen LogP contribution in [0.25, 0.3) is 11.3 Å². The Hall–Kier alpha value is -2.22. The van der Waals surface area contributed by atoms with Crippen molar-refractivity contribution in [3.8, 4) is 11.3 Å². The summed E-state index contributed by atoms with van der Waals surface area (Å²) in [6.07, 6.45) is 0. The molecule has 2 N–H and O–H groups in total. The monoisotopic (exact) mass is 387 g/mol. The molecule has 0 atom stereocenters. The van der Waals surface area contributed by atoms with Gasteiger partial charge in [0.15, 0.2) is 5.13 Å². The first-order valence-electron chi connectivity index (χ1n) is 8.35. The van der Waals surface area contributed by atoms with Crippen molar-refractivity contribution in [2.24, 2.45) is 0 Å². The van der Waals surface area contributed by atoms with Crippen molar-refractivity contribution < 1.29 is 8.42 Å². The quantitative estimate of drug-likeness (QED) is 0.642. The zero-order valence-electron chi connectivity index (χ0n) is 14.7. The van der Waals surface area contributed by atoms with E-state index in [2.05, 4.69) is 15.0 Å². The van der Waals surface area contributed by atoms with Crippen LogP contribution in [0.3, 0.4) is 0 Å². The number of hydrogen-bond acceptors (Lipinski definition) is 5. The highest BCUT2D eigenvalue weighted by Gasteiger charge is 2.18. The third kappa shape index (κ3) is 4.30. The lowest BCUT2D eigenvalue weighted by Gasteiger charge is -2.07. The summed E-state index contributed by atoms with van der Waals surface area (Å²) in [7, 11) is -3.57. The number of sulfonamides is 1. The van der Waals surface area contributed by atoms with Crippen LogP contribution in [0, 0.1) is 6.92 Å². The second kappa shape index (κ2) is 7.99. The van der Waals surface area contributed by atoms with Crippen LogP contribution >= 0.6 is 11.3 Å². The van der Waals surface area contributed by atoms with Gasteiger partial charge >= 0.3 is 0 Å². The molecule has 0 saturated heterocycles. The van der Waals surface area contributed by atoms with Crippen LogP contribution in [0.1, 0.15) is 17.4 Å². The van der Waals surface area contributed by atoms with E-state index in [1.165, 1.54) is 11.3 Å². The summed E-state index contributed by atoms with van der Waals surface area (Å²) in [5.74, 6) is 0. The highest BCUT2D eigenvalue weighted by atomic mass is 32.2. The summed E-state index contributed by atoms with van der Waals surface area (Å²) in [6, 6.07) is 16.6. The molecule has 0 amide bonds. The van der Waals surface area contributed by atoms with Crippen LogP contribution in [0.2, 0.25) is 0 Å². The van der Waals surface area contributed by atoms with Crippen molar-refractivity contribution in [3.63, 3.8) is 0 Å². The fraction of sp³-hybridized carbons (Fsp3) is 0.211. The number of nitrogens with zero attached hydrogens (tertiary/aromatic N) is 1. The molecule has 0 aliphatic heterocycles. The smallest absolute Gasteiger partial charge is 0.240 e. The van der Waals surface area contributed by atoms with E-state index in [9.17, 15) is 8.42 Å². The van der Waals surface area contributed by atoms with E-state index in [0.717, 1.165) is 33.4 Å². The number of benzene rings is 2. The van der Waals surface area contributed by atoms with Crippen LogP contribution in [0.4, 0.5) is 5.13 Å². The Bertz CT molecular complexity index is 966. The van der Waals surface area contributed by atoms with Crippen LogP contribution in [-0.2, 0) is 16.6 Å². The molecule has 0 fully saturated rings. The van der Waals surface area contributed by atoms with Gasteiger partial charge in [-0.3, -0.25) is 0 Å². The SMILES string of the molecule is CCNc1nc(-c2ccccc2)c(CNS(=O)(=O)c2ccc(C)cc2)s1. The first kappa shape index (κ1) is 18.6. The van der Waals surface area contributed by atoms with Crippen molar-refractivity contribution in [3.05, 3.63) is 65.0 Å². The van der Waals surface area contributed by atoms with Crippen LogP contribution in [0.5, 0.6) is 0 Å². The summed E-state index contributed by atoms with van der Waals surface area (Å²) in [4.78, 5) is 5.77. The van der Waals surface area contributed by atoms with Gasteiger partial charge < -0.3 is 5.32 Å². The summed E-state index contributed by atoms with van der Waals surface area (Å²) in [5, 5.41) is 3.99. The lowest BCUT2D eigenvalue weighted by Crippen LogP contribution is -2.23. The summed E-state index contributed by atoms with van der Waals surface area (Å²) in [5.41, 5.74) is 2.80. The molecule has 1 heterocycles. The number of aromatic nitrogens is 1. The van der Waals surface area contributed by atoms with Crippen LogP contribution < -0.4 is 10.0 Å². The molecule has 0 aliphatic rings. The average molecular weight is 388 g/mol. The fourth-order valence-corrected chi connectivity index (χ4v) is 4.56. The molecule has 0 radical (unpaired) electrons. The Balaban J connectivity index is 1.86. The zero-order chi connectivity index (χ0) is 18.6. The molecule has 2 aromatic carbocycles. The maximum Gasteiger partial charge on any atom is 0.240 e. The van der Waals surface area contributed by atoms with Crippen LogP contribution in [-0.4, -0.2) is 19.9 Å². The zero-order valence-corrected chi connectivity index (χ0v) is 16.3. The van der Waals surface area contributed by atoms with E-state index in [1.54, 1.807) is 24.3 Å². The predicted octanol–water partition coefficient (Wildman–Crippen LogP) is 4.03. The number of rotatable bonds is 7. The minimum Gasteiger partial charge on any atom is -0.362 e. The molecule has 0 unspecified atom stereocenters. The Morgan fingerprint density at radius 3 is 2.38 bits per heavy atom. The Kier molecular flexibility index (Phi) is 5.70. The van der Waals surface area contributed by atoms with Gasteiger partial charge in [-0.25, -0.2) is 18.1 Å². The molecule has 0 spiro atoms. The third-order valence-corrected chi connectivity index (χ3v) is 6.26. The number of nitrogens with one attached hydrogen (secondary N) is 2. The lowest BCUT2D eigenvalue weighted by atomic mass is 10.1. The highest BCUT2D eigenvalue weighted by molar-refractivity contribution is 7.89. The molecule has 1 aromatic heterocycles. The number of anilines is 1. The van der Waals surface area contributed by atoms with Gasteiger partial charge in [0.1, 0.15) is 0 Å². The Labute approximate surface area is 158 Å². The lowest BCUT2D eigenvalue weighted by molar-refractivity contribution is 0.582. The molecule has 3 rings (SSSR count). The second-order valence-electron chi connectivity index (χ2n) is 5.82. The average Bonchev–Trinajstić information content (AvgIpc) is 3.04. The Morgan fingerprint density at radius 1 is 1.04 bits per heavy atom. The molecular weight excluding hydrogens is 366 g/mol. The van der Waals surface area contributed by atoms with Crippen molar-refractivity contribution in [1.29, 1.82) is 0 Å². The van der Waals surface area contributed by atoms with Gasteiger partial charge in [-0.1, -0.05) is 48.0 Å². The van der Waals surface area contributed by atoms with Crippen molar-refractivity contribution >= 4 is 26.5 Å². The van der Waals surface area contributed by atoms with E-state index in [-0.39, 0.29) is 11.4 Å². The maximum absolute atomic E-state index is 12.6. The predicted molar refractivity (Wildman–Crippen MR) is 107 cm³/mol. The standard InChI is InChI=1S/C19H21N3O2S2/c1-3-20-19-22-18(15-7-5-4-6-8-15)17(25-19)13-21-26(23,24)16-11-9-14(2)10-12-16/h4-12,21H,3,13H2,1-2H3,(H,20,22). The van der Waals surface area contributed by atoms with E-state index < -0.39 is 10.0 Å². The highest BCUT2D eigenvalue weighted by Crippen LogP contribution is 2.31. The van der Waals surface area contributed by atoms with Crippen LogP contribution in [0.15, 0.2) is 59.5 Å². The van der Waals surface area contributed by atoms with Crippen molar-refractivity contribution in [2.75, 3.05) is 11.9 Å². The third-order valence-electron chi connectivity index (χ3n) is 3.83. The molecule has 0 bridgehead atoms. The molecule has 0 aliphatic carbocycles. The van der Waals surface area contributed by atoms with Gasteiger partial charge in [0, 0.05) is 23.5 Å². The first-order chi connectivity index (χ1) is 12.5. The topological polar surface area (TPSA) is 71.1 Å². The van der Waals surface area contributed by atoms with E-state index in [1.807, 2.05) is 44.2 Å². The molecule has 136 valence electrons. The number of thiazole rings is 1. The van der Waals surface area contributed by atoms with Gasteiger partial charge in [-0.05, 0) is 26.0 Å². The summed E-state index contributed by atoms with van der Waals surface area (Å²) >= 11 is 1.47. The fourth-order valence-electron chi connectivity index (χ4n) is 2.48. The maximum atomic E-state index is 12.6. The normalized spacial score (nSPS) is 11.5. The van der Waals surface area contributed by atoms with Crippen molar-refractivity contribution in [1.82, 2.24) is 9.71 Å². The minimum absolute atomic E-state index is 0.198. The summed E-state index contributed by atoms with van der Waals surface area (Å²) in [6.45, 7) is 4.89. The largest absolute Gasteiger partial charge is 0.362 e. The van der Waals surface area contributed by atoms with Gasteiger partial charge in [0.05, 0.1) is 10.6 Å². The molecule has 3 aromatic rings. The molecule has 5 nitrogen and oxygen atoms in total. The molecule has 0 saturated carbocycles. The minimum atomic E-state index is -3.57. The first-order valence-corrected chi connectivity index (χ1v) is 10.6. The number of hydrogen-bond donors (Lipinski definition) is 2. The summed E-state index contributed by atoms with van der Waals surface area (Å²) < 4.78 is 27.8. The molecule has 7 heteroatoms.